The Kier molecular flexibility index (Phi) is 6.31. The largest absolute Gasteiger partial charge is 0.336 e. The van der Waals surface area contributed by atoms with E-state index in [0.29, 0.717) is 13.1 Å². The Balaban J connectivity index is 0.00000225. The lowest BCUT2D eigenvalue weighted by molar-refractivity contribution is -0.140. The van der Waals surface area contributed by atoms with Crippen LogP contribution in [0.5, 0.6) is 0 Å². The monoisotopic (exact) mass is 384 g/mol. The van der Waals surface area contributed by atoms with E-state index in [9.17, 15) is 9.59 Å². The molecule has 0 saturated carbocycles. The zero-order valence-corrected chi connectivity index (χ0v) is 16.7. The summed E-state index contributed by atoms with van der Waals surface area (Å²) in [6.07, 6.45) is 0. The van der Waals surface area contributed by atoms with Crippen LogP contribution in [0.15, 0.2) is 48.5 Å². The maximum atomic E-state index is 12.4. The fraction of sp³-hybridized carbons (Fsp3) is 0.364. The van der Waals surface area contributed by atoms with Gasteiger partial charge in [0, 0.05) is 34.7 Å². The molecule has 152 valence electrons. The van der Waals surface area contributed by atoms with Crippen LogP contribution in [-0.4, -0.2) is 47.9 Å². The van der Waals surface area contributed by atoms with Crippen molar-refractivity contribution in [2.24, 2.45) is 0 Å². The number of amides is 3. The standard InChI is InChI=1S/C22H28N4O2.2H2/c1-16-4-6-18(7-5-16)14-23-22(28)24-20-10-8-19(9-11-20)15-26-13-12-25(3)17(2)21(26)27;;/h4-11,17H,12-15H2,1-3H3,(H2,23,24,28);2*1H/t17-;;/m1../s1. The van der Waals surface area contributed by atoms with Crippen LogP contribution in [0.3, 0.4) is 0 Å². The van der Waals surface area contributed by atoms with E-state index in [1.54, 1.807) is 0 Å². The van der Waals surface area contributed by atoms with E-state index in [1.165, 1.54) is 5.56 Å². The van der Waals surface area contributed by atoms with Crippen molar-refractivity contribution in [2.45, 2.75) is 33.0 Å². The Bertz CT molecular complexity index is 828. The number of urea groups is 1. The van der Waals surface area contributed by atoms with E-state index in [1.807, 2.05) is 74.3 Å². The van der Waals surface area contributed by atoms with Gasteiger partial charge in [0.05, 0.1) is 6.04 Å². The number of nitrogens with zero attached hydrogens (tertiary/aromatic N) is 2. The molecule has 1 aliphatic rings. The Morgan fingerprint density at radius 2 is 1.71 bits per heavy atom. The molecule has 1 heterocycles. The van der Waals surface area contributed by atoms with Gasteiger partial charge in [-0.15, -0.1) is 0 Å². The number of benzene rings is 2. The molecule has 1 atom stereocenters. The van der Waals surface area contributed by atoms with E-state index in [-0.39, 0.29) is 20.8 Å². The number of carbonyl (C=O) groups excluding carboxylic acids is 2. The second kappa shape index (κ2) is 8.89. The zero-order chi connectivity index (χ0) is 20.1. The molecule has 1 aliphatic heterocycles. The Labute approximate surface area is 169 Å². The number of nitrogens with one attached hydrogen (secondary N) is 2. The summed E-state index contributed by atoms with van der Waals surface area (Å²) in [7, 11) is 1.98. The summed E-state index contributed by atoms with van der Waals surface area (Å²) in [6.45, 7) is 6.67. The molecular formula is C22H32N4O2. The third-order valence-corrected chi connectivity index (χ3v) is 5.21. The molecule has 3 amide bonds. The van der Waals surface area contributed by atoms with Crippen LogP contribution in [0.2, 0.25) is 0 Å². The van der Waals surface area contributed by atoms with Gasteiger partial charge in [-0.2, -0.15) is 0 Å². The van der Waals surface area contributed by atoms with Gasteiger partial charge in [-0.05, 0) is 44.2 Å². The number of hydrogen-bond acceptors (Lipinski definition) is 3. The molecule has 0 aromatic heterocycles. The second-order valence-electron chi connectivity index (χ2n) is 7.41. The Hall–Kier alpha value is -2.86. The van der Waals surface area contributed by atoms with Crippen LogP contribution < -0.4 is 10.6 Å². The topological polar surface area (TPSA) is 64.7 Å². The highest BCUT2D eigenvalue weighted by molar-refractivity contribution is 5.89. The SMILES string of the molecule is Cc1ccc(CNC(=O)Nc2ccc(CN3CCN(C)[C@H](C)C3=O)cc2)cc1.[HH].[HH]. The highest BCUT2D eigenvalue weighted by Gasteiger charge is 2.28. The number of likely N-dealkylation sites (N-methyl/N-ethyl adjacent to an activating group) is 1. The molecule has 6 nitrogen and oxygen atoms in total. The summed E-state index contributed by atoms with van der Waals surface area (Å²) >= 11 is 0. The van der Waals surface area contributed by atoms with Crippen LogP contribution in [0, 0.1) is 6.92 Å². The molecule has 0 aliphatic carbocycles. The van der Waals surface area contributed by atoms with Crippen molar-refractivity contribution in [1.82, 2.24) is 15.1 Å². The van der Waals surface area contributed by atoms with Crippen LogP contribution in [0.1, 0.15) is 26.5 Å². The van der Waals surface area contributed by atoms with Gasteiger partial charge in [0.1, 0.15) is 0 Å². The minimum atomic E-state index is -0.239. The molecule has 0 radical (unpaired) electrons. The maximum Gasteiger partial charge on any atom is 0.319 e. The van der Waals surface area contributed by atoms with Gasteiger partial charge in [0.2, 0.25) is 5.91 Å². The fourth-order valence-electron chi connectivity index (χ4n) is 3.17. The molecule has 2 N–H and O–H groups in total. The summed E-state index contributed by atoms with van der Waals surface area (Å²) < 4.78 is 0. The van der Waals surface area contributed by atoms with Crippen molar-refractivity contribution in [3.8, 4) is 0 Å². The molecule has 0 unspecified atom stereocenters. The second-order valence-corrected chi connectivity index (χ2v) is 7.41. The predicted octanol–water partition coefficient (Wildman–Crippen LogP) is 3.47. The van der Waals surface area contributed by atoms with E-state index in [0.717, 1.165) is 29.9 Å². The van der Waals surface area contributed by atoms with Gasteiger partial charge in [-0.3, -0.25) is 9.69 Å². The minimum absolute atomic E-state index is 0. The van der Waals surface area contributed by atoms with E-state index in [2.05, 4.69) is 15.5 Å². The first-order valence-corrected chi connectivity index (χ1v) is 9.61. The first kappa shape index (κ1) is 19.9. The van der Waals surface area contributed by atoms with Crippen molar-refractivity contribution in [3.05, 3.63) is 65.2 Å². The van der Waals surface area contributed by atoms with E-state index in [4.69, 9.17) is 0 Å². The number of aryl methyl sites for hydroxylation is 1. The summed E-state index contributed by atoms with van der Waals surface area (Å²) in [6, 6.07) is 15.4. The average Bonchev–Trinajstić information content (AvgIpc) is 2.69. The molecular weight excluding hydrogens is 352 g/mol. The Morgan fingerprint density at radius 3 is 2.39 bits per heavy atom. The summed E-state index contributed by atoms with van der Waals surface area (Å²) in [4.78, 5) is 28.4. The lowest BCUT2D eigenvalue weighted by Crippen LogP contribution is -2.53. The molecule has 2 aromatic carbocycles. The molecule has 0 bridgehead atoms. The Morgan fingerprint density at radius 1 is 1.07 bits per heavy atom. The van der Waals surface area contributed by atoms with Crippen molar-refractivity contribution < 1.29 is 12.4 Å². The van der Waals surface area contributed by atoms with Crippen LogP contribution in [0.25, 0.3) is 0 Å². The normalized spacial score (nSPS) is 17.5. The summed E-state index contributed by atoms with van der Waals surface area (Å²) in [5, 5.41) is 5.69. The predicted molar refractivity (Wildman–Crippen MR) is 115 cm³/mol. The van der Waals surface area contributed by atoms with Gasteiger partial charge in [-0.1, -0.05) is 42.0 Å². The minimum Gasteiger partial charge on any atom is -0.336 e. The zero-order valence-electron chi connectivity index (χ0n) is 16.7. The van der Waals surface area contributed by atoms with Crippen molar-refractivity contribution >= 4 is 17.6 Å². The van der Waals surface area contributed by atoms with Crippen molar-refractivity contribution in [3.63, 3.8) is 0 Å². The fourth-order valence-corrected chi connectivity index (χ4v) is 3.17. The number of anilines is 1. The molecule has 1 fully saturated rings. The smallest absolute Gasteiger partial charge is 0.319 e. The lowest BCUT2D eigenvalue weighted by atomic mass is 10.1. The third-order valence-electron chi connectivity index (χ3n) is 5.21. The quantitative estimate of drug-likeness (QED) is 0.830. The van der Waals surface area contributed by atoms with E-state index < -0.39 is 0 Å². The number of piperazine rings is 1. The molecule has 0 spiro atoms. The number of rotatable bonds is 5. The van der Waals surface area contributed by atoms with Crippen molar-refractivity contribution in [1.29, 1.82) is 0 Å². The highest BCUT2D eigenvalue weighted by Crippen LogP contribution is 2.15. The summed E-state index contributed by atoms with van der Waals surface area (Å²) in [5.41, 5.74) is 4.03. The first-order valence-electron chi connectivity index (χ1n) is 9.61. The van der Waals surface area contributed by atoms with Crippen LogP contribution in [-0.2, 0) is 17.9 Å². The number of hydrogen-bond donors (Lipinski definition) is 2. The van der Waals surface area contributed by atoms with Crippen LogP contribution in [0.4, 0.5) is 10.5 Å². The molecule has 28 heavy (non-hydrogen) atoms. The molecule has 3 rings (SSSR count). The molecule has 1 saturated heterocycles. The lowest BCUT2D eigenvalue weighted by Gasteiger charge is -2.37. The highest BCUT2D eigenvalue weighted by atomic mass is 16.2. The van der Waals surface area contributed by atoms with E-state index >= 15 is 0 Å². The first-order chi connectivity index (χ1) is 13.4. The van der Waals surface area contributed by atoms with Crippen molar-refractivity contribution in [2.75, 3.05) is 25.5 Å². The molecule has 2 aromatic rings. The maximum absolute atomic E-state index is 12.4. The summed E-state index contributed by atoms with van der Waals surface area (Å²) in [5.74, 6) is 0.159. The average molecular weight is 385 g/mol. The van der Waals surface area contributed by atoms with Gasteiger partial charge in [0.15, 0.2) is 0 Å². The molecule has 6 heteroatoms. The number of carbonyl (C=O) groups is 2. The van der Waals surface area contributed by atoms with Crippen LogP contribution >= 0.6 is 0 Å². The van der Waals surface area contributed by atoms with Gasteiger partial charge >= 0.3 is 6.03 Å². The van der Waals surface area contributed by atoms with Gasteiger partial charge < -0.3 is 15.5 Å². The van der Waals surface area contributed by atoms with Gasteiger partial charge in [-0.25, -0.2) is 4.79 Å². The third kappa shape index (κ3) is 5.10. The van der Waals surface area contributed by atoms with Gasteiger partial charge in [0.25, 0.3) is 0 Å².